The summed E-state index contributed by atoms with van der Waals surface area (Å²) in [5.41, 5.74) is 0.626. The zero-order valence-electron chi connectivity index (χ0n) is 16.4. The summed E-state index contributed by atoms with van der Waals surface area (Å²) >= 11 is 0. The van der Waals surface area contributed by atoms with Gasteiger partial charge >= 0.3 is 0 Å². The lowest BCUT2D eigenvalue weighted by Gasteiger charge is -2.35. The summed E-state index contributed by atoms with van der Waals surface area (Å²) in [6.07, 6.45) is 10.9. The minimum absolute atomic E-state index is 0.210. The molecule has 0 aliphatic heterocycles. The Kier molecular flexibility index (Phi) is 8.50. The van der Waals surface area contributed by atoms with Crippen molar-refractivity contribution in [2.75, 3.05) is 39.5 Å². The molecule has 0 radical (unpaired) electrons. The Morgan fingerprint density at radius 3 is 2.36 bits per heavy atom. The van der Waals surface area contributed by atoms with E-state index in [1.807, 2.05) is 0 Å². The Hall–Kier alpha value is -0.810. The molecule has 25 heavy (non-hydrogen) atoms. The molecule has 2 fully saturated rings. The molecule has 2 rings (SSSR count). The van der Waals surface area contributed by atoms with Gasteiger partial charge in [0.1, 0.15) is 0 Å². The first-order valence-corrected chi connectivity index (χ1v) is 10.4. The minimum Gasteiger partial charge on any atom is -0.396 e. The van der Waals surface area contributed by atoms with E-state index in [4.69, 9.17) is 9.73 Å². The van der Waals surface area contributed by atoms with Gasteiger partial charge in [-0.3, -0.25) is 4.99 Å². The molecule has 2 saturated carbocycles. The number of hydrogen-bond acceptors (Lipinski definition) is 3. The number of aliphatic hydroxyl groups is 1. The lowest BCUT2D eigenvalue weighted by molar-refractivity contribution is 0.128. The van der Waals surface area contributed by atoms with Crippen LogP contribution in [0.5, 0.6) is 0 Å². The Labute approximate surface area is 154 Å². The summed E-state index contributed by atoms with van der Waals surface area (Å²) in [5.74, 6) is 0.938. The number of aliphatic hydroxyl groups excluding tert-OH is 1. The average Bonchev–Trinajstić information content (AvgIpc) is 3.39. The van der Waals surface area contributed by atoms with Gasteiger partial charge in [0.2, 0.25) is 0 Å². The molecule has 2 aliphatic carbocycles. The van der Waals surface area contributed by atoms with Crippen molar-refractivity contribution in [3.05, 3.63) is 0 Å². The third kappa shape index (κ3) is 6.78. The fourth-order valence-electron chi connectivity index (χ4n) is 4.01. The molecule has 146 valence electrons. The predicted molar refractivity (Wildman–Crippen MR) is 104 cm³/mol. The maximum absolute atomic E-state index is 9.48. The van der Waals surface area contributed by atoms with Crippen LogP contribution in [0.4, 0.5) is 0 Å². The van der Waals surface area contributed by atoms with Crippen LogP contribution in [0.25, 0.3) is 0 Å². The number of nitrogens with one attached hydrogen (secondary N) is 2. The molecule has 3 N–H and O–H groups in total. The maximum atomic E-state index is 9.48. The van der Waals surface area contributed by atoms with E-state index in [-0.39, 0.29) is 12.0 Å². The molecular weight excluding hydrogens is 314 g/mol. The number of hydrogen-bond donors (Lipinski definition) is 3. The number of guanidine groups is 1. The van der Waals surface area contributed by atoms with Crippen molar-refractivity contribution < 1.29 is 9.84 Å². The van der Waals surface area contributed by atoms with E-state index in [2.05, 4.69) is 24.5 Å². The van der Waals surface area contributed by atoms with Crippen LogP contribution in [-0.2, 0) is 4.74 Å². The van der Waals surface area contributed by atoms with Gasteiger partial charge in [0, 0.05) is 39.5 Å². The molecule has 0 aromatic rings. The van der Waals surface area contributed by atoms with E-state index in [0.29, 0.717) is 5.41 Å². The van der Waals surface area contributed by atoms with Crippen LogP contribution in [0.15, 0.2) is 4.99 Å². The second kappa shape index (κ2) is 10.4. The topological polar surface area (TPSA) is 65.9 Å². The number of nitrogens with zero attached hydrogens (tertiary/aromatic N) is 1. The van der Waals surface area contributed by atoms with Crippen LogP contribution >= 0.6 is 0 Å². The largest absolute Gasteiger partial charge is 0.396 e. The van der Waals surface area contributed by atoms with E-state index < -0.39 is 0 Å². The second-order valence-electron chi connectivity index (χ2n) is 8.03. The van der Waals surface area contributed by atoms with E-state index >= 15 is 0 Å². The van der Waals surface area contributed by atoms with E-state index in [0.717, 1.165) is 51.6 Å². The zero-order chi connectivity index (χ0) is 18.0. The van der Waals surface area contributed by atoms with Crippen LogP contribution in [0, 0.1) is 10.8 Å². The Balaban J connectivity index is 1.86. The van der Waals surface area contributed by atoms with Crippen molar-refractivity contribution in [1.29, 1.82) is 0 Å². The van der Waals surface area contributed by atoms with Crippen molar-refractivity contribution in [3.63, 3.8) is 0 Å². The van der Waals surface area contributed by atoms with Crippen molar-refractivity contribution in [2.24, 2.45) is 15.8 Å². The van der Waals surface area contributed by atoms with Gasteiger partial charge in [0.05, 0.1) is 0 Å². The molecule has 0 atom stereocenters. The first-order valence-electron chi connectivity index (χ1n) is 10.4. The highest BCUT2D eigenvalue weighted by atomic mass is 16.5. The molecule has 0 amide bonds. The van der Waals surface area contributed by atoms with Crippen LogP contribution in [0.1, 0.15) is 71.6 Å². The lowest BCUT2D eigenvalue weighted by Crippen LogP contribution is -2.41. The summed E-state index contributed by atoms with van der Waals surface area (Å²) in [6.45, 7) is 8.81. The smallest absolute Gasteiger partial charge is 0.191 e. The van der Waals surface area contributed by atoms with Crippen LogP contribution in [-0.4, -0.2) is 50.5 Å². The van der Waals surface area contributed by atoms with E-state index in [9.17, 15) is 5.11 Å². The first kappa shape index (κ1) is 20.5. The number of ether oxygens (including phenoxy) is 1. The monoisotopic (exact) mass is 353 g/mol. The third-order valence-electron chi connectivity index (χ3n) is 6.04. The summed E-state index contributed by atoms with van der Waals surface area (Å²) in [5, 5.41) is 16.4. The molecule has 0 aromatic carbocycles. The van der Waals surface area contributed by atoms with Crippen LogP contribution in [0.2, 0.25) is 0 Å². The molecule has 0 aromatic heterocycles. The van der Waals surface area contributed by atoms with Gasteiger partial charge in [-0.05, 0) is 63.2 Å². The van der Waals surface area contributed by atoms with Crippen LogP contribution in [0.3, 0.4) is 0 Å². The van der Waals surface area contributed by atoms with Gasteiger partial charge in [-0.25, -0.2) is 0 Å². The van der Waals surface area contributed by atoms with Gasteiger partial charge in [-0.2, -0.15) is 0 Å². The Morgan fingerprint density at radius 1 is 1.00 bits per heavy atom. The molecule has 0 bridgehead atoms. The molecule has 2 aliphatic rings. The molecule has 0 unspecified atom stereocenters. The van der Waals surface area contributed by atoms with Crippen molar-refractivity contribution in [2.45, 2.75) is 71.6 Å². The summed E-state index contributed by atoms with van der Waals surface area (Å²) in [7, 11) is 0. The van der Waals surface area contributed by atoms with Crippen molar-refractivity contribution in [1.82, 2.24) is 10.6 Å². The fourth-order valence-corrected chi connectivity index (χ4v) is 4.01. The summed E-state index contributed by atoms with van der Waals surface area (Å²) in [6, 6.07) is 0. The summed E-state index contributed by atoms with van der Waals surface area (Å²) < 4.78 is 5.53. The predicted octanol–water partition coefficient (Wildman–Crippen LogP) is 3.08. The van der Waals surface area contributed by atoms with Gasteiger partial charge in [0.15, 0.2) is 5.96 Å². The minimum atomic E-state index is 0.210. The van der Waals surface area contributed by atoms with Crippen molar-refractivity contribution in [3.8, 4) is 0 Å². The molecule has 5 heteroatoms. The number of rotatable bonds is 11. The summed E-state index contributed by atoms with van der Waals surface area (Å²) in [4.78, 5) is 4.91. The first-order chi connectivity index (χ1) is 12.2. The molecule has 0 saturated heterocycles. The van der Waals surface area contributed by atoms with Crippen LogP contribution < -0.4 is 10.6 Å². The maximum Gasteiger partial charge on any atom is 0.191 e. The van der Waals surface area contributed by atoms with E-state index in [1.165, 1.54) is 44.9 Å². The highest BCUT2D eigenvalue weighted by molar-refractivity contribution is 5.79. The quantitative estimate of drug-likeness (QED) is 0.303. The highest BCUT2D eigenvalue weighted by Gasteiger charge is 2.42. The zero-order valence-corrected chi connectivity index (χ0v) is 16.4. The standard InChI is InChI=1S/C20H39N3O2/c1-3-21-18(23-17-20(10-11-20)13-15-25-4-2)22-16-19(12-14-24)8-6-5-7-9-19/h24H,3-17H2,1-2H3,(H2,21,22,23). The molecular formula is C20H39N3O2. The molecule has 0 heterocycles. The van der Waals surface area contributed by atoms with E-state index in [1.54, 1.807) is 0 Å². The van der Waals surface area contributed by atoms with Gasteiger partial charge in [-0.1, -0.05) is 19.3 Å². The second-order valence-corrected chi connectivity index (χ2v) is 8.03. The third-order valence-corrected chi connectivity index (χ3v) is 6.04. The molecule has 0 spiro atoms. The number of aliphatic imine (C=N–C) groups is 1. The Morgan fingerprint density at radius 2 is 1.76 bits per heavy atom. The SMILES string of the molecule is CCNC(=NCC1(CCO)CCCCC1)NCC1(CCOCC)CC1. The highest BCUT2D eigenvalue weighted by Crippen LogP contribution is 2.48. The normalized spacial score (nSPS) is 21.8. The average molecular weight is 354 g/mol. The molecule has 5 nitrogen and oxygen atoms in total. The van der Waals surface area contributed by atoms with Gasteiger partial charge in [-0.15, -0.1) is 0 Å². The van der Waals surface area contributed by atoms with Gasteiger partial charge < -0.3 is 20.5 Å². The Bertz CT molecular complexity index is 396. The van der Waals surface area contributed by atoms with Crippen molar-refractivity contribution >= 4 is 5.96 Å². The fraction of sp³-hybridized carbons (Fsp3) is 0.950. The lowest BCUT2D eigenvalue weighted by atomic mass is 9.72. The van der Waals surface area contributed by atoms with Gasteiger partial charge in [0.25, 0.3) is 0 Å².